The Morgan fingerprint density at radius 1 is 1.11 bits per heavy atom. The van der Waals surface area contributed by atoms with Gasteiger partial charge in [-0.15, -0.1) is 21.5 Å². The number of furan rings is 1. The van der Waals surface area contributed by atoms with E-state index in [0.29, 0.717) is 71.0 Å². The Kier molecular flexibility index (Phi) is 8.22. The van der Waals surface area contributed by atoms with Crippen LogP contribution < -0.4 is 0 Å². The molecule has 0 saturated carbocycles. The number of amides is 2. The van der Waals surface area contributed by atoms with Gasteiger partial charge in [-0.1, -0.05) is 35.0 Å². The van der Waals surface area contributed by atoms with Gasteiger partial charge in [0.15, 0.2) is 10.9 Å². The number of hydrogen-bond donors (Lipinski definition) is 0. The second-order valence-electron chi connectivity index (χ2n) is 8.11. The molecular weight excluding hydrogens is 571 g/mol. The molecule has 1 saturated heterocycles. The highest BCUT2D eigenvalue weighted by atomic mass is 35.5. The third kappa shape index (κ3) is 5.68. The Hall–Kier alpha value is -3.06. The molecule has 14 heteroatoms. The Bertz CT molecular complexity index is 1430. The molecule has 0 bridgehead atoms. The summed E-state index contributed by atoms with van der Waals surface area (Å²) < 4.78 is 12.4. The van der Waals surface area contributed by atoms with E-state index in [-0.39, 0.29) is 12.0 Å². The Balaban J connectivity index is 1.28. The van der Waals surface area contributed by atoms with E-state index in [2.05, 4.69) is 15.2 Å². The lowest BCUT2D eigenvalue weighted by atomic mass is 10.3. The molecule has 1 aliphatic rings. The van der Waals surface area contributed by atoms with Crippen LogP contribution in [0.25, 0.3) is 17.3 Å². The van der Waals surface area contributed by atoms with Gasteiger partial charge < -0.3 is 19.0 Å². The minimum atomic E-state index is -0.350. The lowest BCUT2D eigenvalue weighted by Crippen LogP contribution is -2.50. The average molecular weight is 594 g/mol. The van der Waals surface area contributed by atoms with Gasteiger partial charge in [0.2, 0.25) is 5.82 Å². The zero-order valence-corrected chi connectivity index (χ0v) is 23.3. The molecule has 10 nitrogen and oxygen atoms in total. The number of hydrogen-bond acceptors (Lipinski definition) is 9. The summed E-state index contributed by atoms with van der Waals surface area (Å²) in [6.07, 6.45) is 1.22. The molecule has 0 aliphatic carbocycles. The minimum absolute atomic E-state index is 0.153. The van der Waals surface area contributed by atoms with Gasteiger partial charge in [-0.3, -0.25) is 9.36 Å². The fraction of sp³-hybridized carbons (Fsp3) is 0.292. The molecule has 1 aromatic carbocycles. The van der Waals surface area contributed by atoms with Crippen molar-refractivity contribution in [3.05, 3.63) is 62.7 Å². The first-order chi connectivity index (χ1) is 18.4. The fourth-order valence-electron chi connectivity index (χ4n) is 3.86. The summed E-state index contributed by atoms with van der Waals surface area (Å²) in [7, 11) is 0. The molecule has 2 amide bonds. The fourth-order valence-corrected chi connectivity index (χ4v) is 5.89. The zero-order chi connectivity index (χ0) is 26.6. The molecule has 0 N–H and O–H groups in total. The molecule has 4 aromatic rings. The van der Waals surface area contributed by atoms with Crippen molar-refractivity contribution in [1.82, 2.24) is 29.5 Å². The van der Waals surface area contributed by atoms with Gasteiger partial charge in [0.05, 0.1) is 34.4 Å². The predicted octanol–water partition coefficient (Wildman–Crippen LogP) is 5.50. The number of thiazole rings is 1. The van der Waals surface area contributed by atoms with E-state index < -0.39 is 0 Å². The van der Waals surface area contributed by atoms with Crippen LogP contribution in [-0.2, 0) is 10.5 Å². The number of piperazine rings is 1. The second-order valence-corrected chi connectivity index (χ2v) is 10.8. The molecule has 5 rings (SSSR count). The van der Waals surface area contributed by atoms with Crippen LogP contribution in [0.5, 0.6) is 0 Å². The van der Waals surface area contributed by atoms with E-state index in [1.807, 2.05) is 10.6 Å². The average Bonchev–Trinajstić information content (AvgIpc) is 3.70. The molecule has 0 spiro atoms. The van der Waals surface area contributed by atoms with Crippen LogP contribution in [0.15, 0.2) is 51.5 Å². The highest BCUT2D eigenvalue weighted by Gasteiger charge is 2.27. The quantitative estimate of drug-likeness (QED) is 0.259. The highest BCUT2D eigenvalue weighted by Crippen LogP contribution is 2.33. The number of rotatable bonds is 7. The molecule has 1 aliphatic heterocycles. The largest absolute Gasteiger partial charge is 0.461 e. The van der Waals surface area contributed by atoms with Crippen LogP contribution >= 0.6 is 46.3 Å². The molecular formula is C24H22Cl2N6O4S2. The Morgan fingerprint density at radius 3 is 2.61 bits per heavy atom. The number of carbonyl (C=O) groups is 2. The summed E-state index contributed by atoms with van der Waals surface area (Å²) in [6.45, 7) is 3.82. The van der Waals surface area contributed by atoms with E-state index in [4.69, 9.17) is 32.4 Å². The van der Waals surface area contributed by atoms with Gasteiger partial charge in [-0.25, -0.2) is 9.78 Å². The summed E-state index contributed by atoms with van der Waals surface area (Å²) in [5.41, 5.74) is 1.12. The van der Waals surface area contributed by atoms with Crippen LogP contribution in [-0.4, -0.2) is 74.3 Å². The number of halogens is 2. The first kappa shape index (κ1) is 26.5. The van der Waals surface area contributed by atoms with Crippen molar-refractivity contribution < 1.29 is 18.7 Å². The lowest BCUT2D eigenvalue weighted by Gasteiger charge is -2.33. The topological polar surface area (TPSA) is 107 Å². The molecule has 0 unspecified atom stereocenters. The van der Waals surface area contributed by atoms with Crippen LogP contribution in [0.4, 0.5) is 4.79 Å². The van der Waals surface area contributed by atoms with Gasteiger partial charge in [-0.2, -0.15) is 0 Å². The third-order valence-electron chi connectivity index (χ3n) is 5.72. The number of nitrogens with zero attached hydrogens (tertiary/aromatic N) is 6. The van der Waals surface area contributed by atoms with Crippen LogP contribution in [0, 0.1) is 0 Å². The minimum Gasteiger partial charge on any atom is -0.461 e. The van der Waals surface area contributed by atoms with Gasteiger partial charge in [0, 0.05) is 31.6 Å². The van der Waals surface area contributed by atoms with E-state index in [1.54, 1.807) is 52.6 Å². The van der Waals surface area contributed by atoms with Crippen LogP contribution in [0.1, 0.15) is 22.4 Å². The molecule has 3 aromatic heterocycles. The number of thioether (sulfide) groups is 1. The second kappa shape index (κ2) is 11.8. The van der Waals surface area contributed by atoms with Crippen molar-refractivity contribution in [3.8, 4) is 17.3 Å². The van der Waals surface area contributed by atoms with Crippen molar-refractivity contribution in [1.29, 1.82) is 0 Å². The van der Waals surface area contributed by atoms with Crippen molar-refractivity contribution in [2.45, 2.75) is 17.8 Å². The summed E-state index contributed by atoms with van der Waals surface area (Å²) in [5, 5.41) is 12.7. The standard InChI is InChI=1S/C24H22Cl2N6O4S2/c1-2-35-24(34)31-9-7-30(8-10-31)22(33)18-13-37-20(27-18)14-38-23-29-28-21(19-4-3-11-36-19)32(23)15-5-6-16(25)17(26)12-15/h3-6,11-13H,2,7-10,14H2,1H3. The maximum absolute atomic E-state index is 13.0. The monoisotopic (exact) mass is 592 g/mol. The SMILES string of the molecule is CCOC(=O)N1CCN(C(=O)c2csc(CSc3nnc(-c4ccco4)n3-c3ccc(Cl)c(Cl)c3)n2)CC1. The zero-order valence-electron chi connectivity index (χ0n) is 20.2. The number of benzene rings is 1. The molecule has 4 heterocycles. The molecule has 1 fully saturated rings. The first-order valence-corrected chi connectivity index (χ1v) is 14.3. The van der Waals surface area contributed by atoms with Gasteiger partial charge in [-0.05, 0) is 37.3 Å². The number of carbonyl (C=O) groups excluding carboxylic acids is 2. The summed E-state index contributed by atoms with van der Waals surface area (Å²) in [5.74, 6) is 1.40. The van der Waals surface area contributed by atoms with E-state index in [0.717, 1.165) is 10.7 Å². The smallest absolute Gasteiger partial charge is 0.409 e. The molecule has 0 radical (unpaired) electrons. The summed E-state index contributed by atoms with van der Waals surface area (Å²) in [6, 6.07) is 8.87. The summed E-state index contributed by atoms with van der Waals surface area (Å²) >= 11 is 15.2. The van der Waals surface area contributed by atoms with E-state index in [9.17, 15) is 9.59 Å². The molecule has 198 valence electrons. The number of ether oxygens (including phenoxy) is 1. The lowest BCUT2D eigenvalue weighted by molar-refractivity contribution is 0.0566. The summed E-state index contributed by atoms with van der Waals surface area (Å²) in [4.78, 5) is 32.8. The third-order valence-corrected chi connectivity index (χ3v) is 8.44. The highest BCUT2D eigenvalue weighted by molar-refractivity contribution is 7.98. The maximum atomic E-state index is 13.0. The van der Waals surface area contributed by atoms with Crippen molar-refractivity contribution >= 4 is 58.3 Å². The molecule has 38 heavy (non-hydrogen) atoms. The maximum Gasteiger partial charge on any atom is 0.409 e. The van der Waals surface area contributed by atoms with Gasteiger partial charge in [0.25, 0.3) is 5.91 Å². The normalized spacial score (nSPS) is 13.7. The van der Waals surface area contributed by atoms with E-state index in [1.165, 1.54) is 23.1 Å². The van der Waals surface area contributed by atoms with Crippen molar-refractivity contribution in [3.63, 3.8) is 0 Å². The van der Waals surface area contributed by atoms with Crippen LogP contribution in [0.2, 0.25) is 10.0 Å². The van der Waals surface area contributed by atoms with Gasteiger partial charge in [0.1, 0.15) is 10.7 Å². The van der Waals surface area contributed by atoms with Crippen LogP contribution in [0.3, 0.4) is 0 Å². The first-order valence-electron chi connectivity index (χ1n) is 11.7. The van der Waals surface area contributed by atoms with E-state index >= 15 is 0 Å². The molecule has 0 atom stereocenters. The van der Waals surface area contributed by atoms with Crippen molar-refractivity contribution in [2.75, 3.05) is 32.8 Å². The Labute approximate surface area is 236 Å². The number of aromatic nitrogens is 4. The van der Waals surface area contributed by atoms with Gasteiger partial charge >= 0.3 is 6.09 Å². The predicted molar refractivity (Wildman–Crippen MR) is 145 cm³/mol. The Morgan fingerprint density at radius 2 is 1.89 bits per heavy atom. The van der Waals surface area contributed by atoms with Crippen molar-refractivity contribution in [2.24, 2.45) is 0 Å².